The molecule has 1 atom stereocenters. The fourth-order valence-electron chi connectivity index (χ4n) is 2.30. The summed E-state index contributed by atoms with van der Waals surface area (Å²) in [5.41, 5.74) is 2.23. The fraction of sp³-hybridized carbons (Fsp3) is 0.294. The molecule has 1 unspecified atom stereocenters. The van der Waals surface area contributed by atoms with Crippen molar-refractivity contribution in [2.45, 2.75) is 19.8 Å². The molecular weight excluding hydrogens is 289 g/mol. The van der Waals surface area contributed by atoms with Gasteiger partial charge in [0.2, 0.25) is 0 Å². The molecule has 0 bridgehead atoms. The number of benzene rings is 2. The Hall–Kier alpha value is -1.18. The van der Waals surface area contributed by atoms with Crippen LogP contribution in [0.15, 0.2) is 48.5 Å². The zero-order valence-corrected chi connectivity index (χ0v) is 13.2. The van der Waals surface area contributed by atoms with Gasteiger partial charge in [0.1, 0.15) is 0 Å². The van der Waals surface area contributed by atoms with Crippen molar-refractivity contribution in [3.63, 3.8) is 0 Å². The smallest absolute Gasteiger partial charge is 0.0823 e. The molecule has 0 aromatic heterocycles. The largest absolute Gasteiger partial charge is 0.383 e. The van der Waals surface area contributed by atoms with E-state index in [0.717, 1.165) is 12.2 Å². The number of rotatable bonds is 5. The molecule has 0 saturated carbocycles. The van der Waals surface area contributed by atoms with E-state index in [1.165, 1.54) is 5.56 Å². The van der Waals surface area contributed by atoms with Gasteiger partial charge in [-0.05, 0) is 23.6 Å². The molecule has 0 spiro atoms. The Balaban J connectivity index is 2.12. The van der Waals surface area contributed by atoms with E-state index in [4.69, 9.17) is 23.2 Å². The van der Waals surface area contributed by atoms with E-state index in [1.807, 2.05) is 18.2 Å². The van der Waals surface area contributed by atoms with Crippen LogP contribution in [0.1, 0.15) is 25.3 Å². The molecule has 0 fully saturated rings. The molecular formula is C17H19Cl2N. The van der Waals surface area contributed by atoms with Crippen LogP contribution in [0.3, 0.4) is 0 Å². The van der Waals surface area contributed by atoms with Crippen LogP contribution in [0.5, 0.6) is 0 Å². The van der Waals surface area contributed by atoms with Gasteiger partial charge in [0.15, 0.2) is 0 Å². The molecule has 0 heterocycles. The molecule has 20 heavy (non-hydrogen) atoms. The lowest BCUT2D eigenvalue weighted by molar-refractivity contribution is 0.517. The summed E-state index contributed by atoms with van der Waals surface area (Å²) in [7, 11) is 0. The summed E-state index contributed by atoms with van der Waals surface area (Å²) in [6.45, 7) is 5.31. The Labute approximate surface area is 130 Å². The van der Waals surface area contributed by atoms with Gasteiger partial charge in [0, 0.05) is 12.5 Å². The Morgan fingerprint density at radius 1 is 0.950 bits per heavy atom. The molecule has 0 aliphatic heterocycles. The molecule has 106 valence electrons. The van der Waals surface area contributed by atoms with Crippen molar-refractivity contribution in [3.05, 3.63) is 64.1 Å². The quantitative estimate of drug-likeness (QED) is 0.731. The summed E-state index contributed by atoms with van der Waals surface area (Å²) in [5.74, 6) is 0.981. The third kappa shape index (κ3) is 3.68. The second-order valence-corrected chi connectivity index (χ2v) is 6.03. The predicted molar refractivity (Wildman–Crippen MR) is 89.0 cm³/mol. The highest BCUT2D eigenvalue weighted by Gasteiger charge is 2.16. The van der Waals surface area contributed by atoms with Crippen molar-refractivity contribution < 1.29 is 0 Å². The standard InChI is InChI=1S/C17H19Cl2N/c1-12(2)14(13-7-4-3-5-8-13)11-20-16-10-6-9-15(18)17(16)19/h3-10,12,14,20H,11H2,1-2H3. The third-order valence-electron chi connectivity index (χ3n) is 3.50. The Morgan fingerprint density at radius 3 is 2.30 bits per heavy atom. The molecule has 2 aromatic rings. The molecule has 1 N–H and O–H groups in total. The van der Waals surface area contributed by atoms with E-state index in [2.05, 4.69) is 43.4 Å². The Kier molecular flexibility index (Phi) is 5.33. The minimum atomic E-state index is 0.436. The topological polar surface area (TPSA) is 12.0 Å². The average Bonchev–Trinajstić information content (AvgIpc) is 2.44. The van der Waals surface area contributed by atoms with Crippen LogP contribution in [0, 0.1) is 5.92 Å². The maximum Gasteiger partial charge on any atom is 0.0823 e. The van der Waals surface area contributed by atoms with Gasteiger partial charge >= 0.3 is 0 Å². The van der Waals surface area contributed by atoms with Gasteiger partial charge in [0.05, 0.1) is 15.7 Å². The first-order valence-electron chi connectivity index (χ1n) is 6.82. The average molecular weight is 308 g/mol. The van der Waals surface area contributed by atoms with Crippen LogP contribution in [-0.4, -0.2) is 6.54 Å². The van der Waals surface area contributed by atoms with E-state index < -0.39 is 0 Å². The first-order chi connectivity index (χ1) is 9.59. The second kappa shape index (κ2) is 7.01. The maximum atomic E-state index is 6.21. The fourth-order valence-corrected chi connectivity index (χ4v) is 2.67. The highest BCUT2D eigenvalue weighted by molar-refractivity contribution is 6.43. The SMILES string of the molecule is CC(C)C(CNc1cccc(Cl)c1Cl)c1ccccc1. The molecule has 0 aliphatic carbocycles. The molecule has 0 aliphatic rings. The monoisotopic (exact) mass is 307 g/mol. The Bertz CT molecular complexity index is 552. The first kappa shape index (κ1) is 15.2. The van der Waals surface area contributed by atoms with E-state index in [1.54, 1.807) is 6.07 Å². The van der Waals surface area contributed by atoms with Crippen LogP contribution in [0.4, 0.5) is 5.69 Å². The number of nitrogens with one attached hydrogen (secondary N) is 1. The van der Waals surface area contributed by atoms with Crippen molar-refractivity contribution >= 4 is 28.9 Å². The van der Waals surface area contributed by atoms with Crippen LogP contribution >= 0.6 is 23.2 Å². The molecule has 0 amide bonds. The molecule has 0 saturated heterocycles. The van der Waals surface area contributed by atoms with Gasteiger partial charge in [-0.2, -0.15) is 0 Å². The maximum absolute atomic E-state index is 6.21. The number of halogens is 2. The van der Waals surface area contributed by atoms with E-state index in [-0.39, 0.29) is 0 Å². The highest BCUT2D eigenvalue weighted by atomic mass is 35.5. The van der Waals surface area contributed by atoms with Gasteiger partial charge < -0.3 is 5.32 Å². The molecule has 2 aromatic carbocycles. The lowest BCUT2D eigenvalue weighted by atomic mass is 9.88. The van der Waals surface area contributed by atoms with Crippen molar-refractivity contribution in [2.24, 2.45) is 5.92 Å². The van der Waals surface area contributed by atoms with Gasteiger partial charge in [-0.25, -0.2) is 0 Å². The van der Waals surface area contributed by atoms with Crippen molar-refractivity contribution in [3.8, 4) is 0 Å². The predicted octanol–water partition coefficient (Wildman–Crippen LogP) is 5.85. The van der Waals surface area contributed by atoms with Gasteiger partial charge in [-0.3, -0.25) is 0 Å². The van der Waals surface area contributed by atoms with Crippen LogP contribution in [-0.2, 0) is 0 Å². The van der Waals surface area contributed by atoms with Crippen LogP contribution in [0.2, 0.25) is 10.0 Å². The summed E-state index contributed by atoms with van der Waals surface area (Å²) in [6.07, 6.45) is 0. The van der Waals surface area contributed by atoms with Gasteiger partial charge in [0.25, 0.3) is 0 Å². The number of hydrogen-bond donors (Lipinski definition) is 1. The lowest BCUT2D eigenvalue weighted by Crippen LogP contribution is -2.17. The highest BCUT2D eigenvalue weighted by Crippen LogP contribution is 2.31. The van der Waals surface area contributed by atoms with Crippen LogP contribution < -0.4 is 5.32 Å². The van der Waals surface area contributed by atoms with Gasteiger partial charge in [-0.1, -0.05) is 73.4 Å². The molecule has 3 heteroatoms. The lowest BCUT2D eigenvalue weighted by Gasteiger charge is -2.23. The van der Waals surface area contributed by atoms with Crippen molar-refractivity contribution in [1.29, 1.82) is 0 Å². The zero-order chi connectivity index (χ0) is 14.5. The van der Waals surface area contributed by atoms with Crippen molar-refractivity contribution in [1.82, 2.24) is 0 Å². The summed E-state index contributed by atoms with van der Waals surface area (Å²) in [4.78, 5) is 0. The van der Waals surface area contributed by atoms with Crippen LogP contribution in [0.25, 0.3) is 0 Å². The molecule has 1 nitrogen and oxygen atoms in total. The summed E-state index contributed by atoms with van der Waals surface area (Å²) in [6, 6.07) is 16.2. The Morgan fingerprint density at radius 2 is 1.65 bits per heavy atom. The molecule has 0 radical (unpaired) electrons. The minimum absolute atomic E-state index is 0.436. The summed E-state index contributed by atoms with van der Waals surface area (Å²) >= 11 is 12.2. The summed E-state index contributed by atoms with van der Waals surface area (Å²) in [5, 5.41) is 4.59. The summed E-state index contributed by atoms with van der Waals surface area (Å²) < 4.78 is 0. The number of hydrogen-bond acceptors (Lipinski definition) is 1. The van der Waals surface area contributed by atoms with Crippen molar-refractivity contribution in [2.75, 3.05) is 11.9 Å². The second-order valence-electron chi connectivity index (χ2n) is 5.24. The first-order valence-corrected chi connectivity index (χ1v) is 7.58. The third-order valence-corrected chi connectivity index (χ3v) is 4.32. The minimum Gasteiger partial charge on any atom is -0.383 e. The zero-order valence-electron chi connectivity index (χ0n) is 11.7. The molecule has 2 rings (SSSR count). The number of anilines is 1. The van der Waals surface area contributed by atoms with E-state index in [0.29, 0.717) is 21.9 Å². The normalized spacial score (nSPS) is 12.4. The van der Waals surface area contributed by atoms with Gasteiger partial charge in [-0.15, -0.1) is 0 Å². The van der Waals surface area contributed by atoms with E-state index >= 15 is 0 Å². The van der Waals surface area contributed by atoms with E-state index in [9.17, 15) is 0 Å².